The second kappa shape index (κ2) is 2.28. The molecule has 56 valence electrons. The van der Waals surface area contributed by atoms with Crippen LogP contribution in [0.1, 0.15) is 16.6 Å². The van der Waals surface area contributed by atoms with Gasteiger partial charge < -0.3 is 9.47 Å². The molecule has 0 bridgehead atoms. The summed E-state index contributed by atoms with van der Waals surface area (Å²) in [6.45, 7) is 2.17. The van der Waals surface area contributed by atoms with E-state index in [1.807, 2.05) is 0 Å². The molecule has 1 heterocycles. The molecular formula is C6H8O4. The van der Waals surface area contributed by atoms with Crippen LogP contribution in [0.5, 0.6) is 0 Å². The zero-order valence-corrected chi connectivity index (χ0v) is 5.63. The number of hydrogen-bond donors (Lipinski definition) is 0. The molecule has 4 heteroatoms. The summed E-state index contributed by atoms with van der Waals surface area (Å²) in [6.07, 6.45) is -4.03. The summed E-state index contributed by atoms with van der Waals surface area (Å²) in [5.41, 5.74) is 0. The highest BCUT2D eigenvalue weighted by atomic mass is 16.6. The molecule has 2 atom stereocenters. The molecular weight excluding hydrogens is 136 g/mol. The first kappa shape index (κ1) is 4.71. The smallest absolute Gasteiger partial charge is 0.347 e. The fraction of sp³-hybridized carbons (Fsp3) is 0.667. The lowest BCUT2D eigenvalue weighted by Crippen LogP contribution is -2.40. The third-order valence-corrected chi connectivity index (χ3v) is 1.07. The molecule has 1 fully saturated rings. The lowest BCUT2D eigenvalue weighted by molar-refractivity contribution is -0.191. The monoisotopic (exact) mass is 146 g/mol. The molecule has 0 aromatic carbocycles. The molecule has 0 aromatic rings. The third-order valence-electron chi connectivity index (χ3n) is 1.07. The van der Waals surface area contributed by atoms with Crippen LogP contribution < -0.4 is 0 Å². The maximum atomic E-state index is 10.9. The standard InChI is InChI=1S/C6H8O4/c1-3-5(7)10-4(2)6(8)9-3/h3-4H,1-2H3/i3D,4D. The van der Waals surface area contributed by atoms with Gasteiger partial charge in [0, 0.05) is 0 Å². The minimum absolute atomic E-state index is 1.03. The van der Waals surface area contributed by atoms with Gasteiger partial charge in [0.15, 0.2) is 12.2 Å². The SMILES string of the molecule is [2H]C1(C)OC(=O)C([2H])(C)OC1=O. The fourth-order valence-electron chi connectivity index (χ4n) is 0.505. The van der Waals surface area contributed by atoms with Crippen molar-refractivity contribution in [2.45, 2.75) is 26.0 Å². The Balaban J connectivity index is 2.91. The van der Waals surface area contributed by atoms with E-state index in [-0.39, 0.29) is 0 Å². The van der Waals surface area contributed by atoms with Crippen molar-refractivity contribution in [3.63, 3.8) is 0 Å². The Bertz CT molecular complexity index is 220. The van der Waals surface area contributed by atoms with E-state index in [0.717, 1.165) is 13.8 Å². The molecule has 0 radical (unpaired) electrons. The number of hydrogen-bond acceptors (Lipinski definition) is 4. The van der Waals surface area contributed by atoms with Crippen molar-refractivity contribution in [2.24, 2.45) is 0 Å². The molecule has 0 aromatic heterocycles. The topological polar surface area (TPSA) is 52.6 Å². The number of cyclic esters (lactones) is 2. The van der Waals surface area contributed by atoms with Crippen LogP contribution in [0.15, 0.2) is 0 Å². The molecule has 0 aliphatic carbocycles. The minimum Gasteiger partial charge on any atom is -0.448 e. The Labute approximate surface area is 60.9 Å². The van der Waals surface area contributed by atoms with Gasteiger partial charge >= 0.3 is 11.9 Å². The van der Waals surface area contributed by atoms with Crippen molar-refractivity contribution >= 4 is 11.9 Å². The van der Waals surface area contributed by atoms with Gasteiger partial charge in [0.1, 0.15) is 0 Å². The highest BCUT2D eigenvalue weighted by Gasteiger charge is 2.32. The van der Waals surface area contributed by atoms with Crippen molar-refractivity contribution in [3.05, 3.63) is 0 Å². The van der Waals surface area contributed by atoms with E-state index < -0.39 is 24.1 Å². The van der Waals surface area contributed by atoms with E-state index in [1.165, 1.54) is 0 Å². The summed E-state index contributed by atoms with van der Waals surface area (Å²) in [6, 6.07) is 0. The Morgan fingerprint density at radius 1 is 1.20 bits per heavy atom. The molecule has 0 saturated carbocycles. The summed E-state index contributed by atoms with van der Waals surface area (Å²) in [4.78, 5) is 21.7. The van der Waals surface area contributed by atoms with Crippen LogP contribution in [0.3, 0.4) is 0 Å². The van der Waals surface area contributed by atoms with Gasteiger partial charge in [-0.05, 0) is 13.8 Å². The predicted octanol–water partition coefficient (Wildman–Crippen LogP) is -0.137. The highest BCUT2D eigenvalue weighted by molar-refractivity contribution is 5.86. The van der Waals surface area contributed by atoms with Crippen molar-refractivity contribution in [1.29, 1.82) is 0 Å². The van der Waals surface area contributed by atoms with Crippen LogP contribution in [-0.2, 0) is 19.1 Å². The summed E-state index contributed by atoms with van der Waals surface area (Å²) in [5.74, 6) is -2.06. The van der Waals surface area contributed by atoms with E-state index in [1.54, 1.807) is 0 Å². The van der Waals surface area contributed by atoms with Gasteiger partial charge in [-0.15, -0.1) is 0 Å². The molecule has 1 saturated heterocycles. The summed E-state index contributed by atoms with van der Waals surface area (Å²) >= 11 is 0. The summed E-state index contributed by atoms with van der Waals surface area (Å²) < 4.78 is 23.0. The Hall–Kier alpha value is -1.06. The van der Waals surface area contributed by atoms with E-state index in [2.05, 4.69) is 9.47 Å². The van der Waals surface area contributed by atoms with Gasteiger partial charge in [-0.3, -0.25) is 0 Å². The fourth-order valence-corrected chi connectivity index (χ4v) is 0.505. The van der Waals surface area contributed by atoms with E-state index in [0.29, 0.717) is 0 Å². The third kappa shape index (κ3) is 1.10. The molecule has 10 heavy (non-hydrogen) atoms. The molecule has 0 amide bonds. The lowest BCUT2D eigenvalue weighted by Gasteiger charge is -2.22. The number of carbonyl (C=O) groups is 2. The largest absolute Gasteiger partial charge is 0.448 e. The van der Waals surface area contributed by atoms with Gasteiger partial charge in [0.25, 0.3) is 0 Å². The summed E-state index contributed by atoms with van der Waals surface area (Å²) in [7, 11) is 0. The molecule has 1 aliphatic heterocycles. The zero-order valence-electron chi connectivity index (χ0n) is 7.63. The van der Waals surface area contributed by atoms with Gasteiger partial charge in [-0.1, -0.05) is 0 Å². The first-order valence-electron chi connectivity index (χ1n) is 3.72. The van der Waals surface area contributed by atoms with Gasteiger partial charge in [0.2, 0.25) is 0 Å². The number of carbonyl (C=O) groups excluding carboxylic acids is 2. The molecule has 0 spiro atoms. The van der Waals surface area contributed by atoms with Crippen molar-refractivity contribution in [2.75, 3.05) is 0 Å². The number of esters is 2. The average molecular weight is 146 g/mol. The Kier molecular flexibility index (Phi) is 1.08. The molecule has 4 nitrogen and oxygen atoms in total. The average Bonchev–Trinajstić information content (AvgIpc) is 1.82. The Morgan fingerprint density at radius 3 is 1.80 bits per heavy atom. The van der Waals surface area contributed by atoms with E-state index in [9.17, 15) is 9.59 Å². The second-order valence-corrected chi connectivity index (χ2v) is 1.89. The molecule has 0 N–H and O–H groups in total. The highest BCUT2D eigenvalue weighted by Crippen LogP contribution is 2.08. The normalized spacial score (nSPS) is 50.6. The zero-order chi connectivity index (χ0) is 9.57. The first-order chi connectivity index (χ1) is 5.26. The van der Waals surface area contributed by atoms with Crippen LogP contribution in [-0.4, -0.2) is 24.1 Å². The Morgan fingerprint density at radius 2 is 1.50 bits per heavy atom. The minimum atomic E-state index is -2.02. The maximum absolute atomic E-state index is 10.9. The predicted molar refractivity (Wildman–Crippen MR) is 31.1 cm³/mol. The van der Waals surface area contributed by atoms with Gasteiger partial charge in [0.05, 0.1) is 2.74 Å². The van der Waals surface area contributed by atoms with Crippen LogP contribution >= 0.6 is 0 Å². The quantitative estimate of drug-likeness (QED) is 0.446. The van der Waals surface area contributed by atoms with Gasteiger partial charge in [-0.25, -0.2) is 9.59 Å². The molecule has 1 aliphatic rings. The van der Waals surface area contributed by atoms with Crippen molar-refractivity contribution in [3.8, 4) is 0 Å². The van der Waals surface area contributed by atoms with E-state index in [4.69, 9.17) is 2.74 Å². The summed E-state index contributed by atoms with van der Waals surface area (Å²) in [5, 5.41) is 0. The number of rotatable bonds is 0. The first-order valence-corrected chi connectivity index (χ1v) is 2.72. The number of ether oxygens (including phenoxy) is 2. The van der Waals surface area contributed by atoms with Gasteiger partial charge in [-0.2, -0.15) is 0 Å². The lowest BCUT2D eigenvalue weighted by atomic mass is 10.3. The van der Waals surface area contributed by atoms with Crippen LogP contribution in [0.4, 0.5) is 0 Å². The second-order valence-electron chi connectivity index (χ2n) is 1.89. The van der Waals surface area contributed by atoms with Crippen molar-refractivity contribution < 1.29 is 21.8 Å². The molecule has 2 unspecified atom stereocenters. The van der Waals surface area contributed by atoms with Crippen molar-refractivity contribution in [1.82, 2.24) is 0 Å². The van der Waals surface area contributed by atoms with Crippen LogP contribution in [0.25, 0.3) is 0 Å². The van der Waals surface area contributed by atoms with E-state index >= 15 is 0 Å². The maximum Gasteiger partial charge on any atom is 0.347 e. The van der Waals surface area contributed by atoms with Crippen LogP contribution in [0, 0.1) is 0 Å². The molecule has 1 rings (SSSR count). The van der Waals surface area contributed by atoms with Crippen LogP contribution in [0.2, 0.25) is 0 Å².